The zero-order chi connectivity index (χ0) is 13.8. The lowest BCUT2D eigenvalue weighted by atomic mass is 10.0. The highest BCUT2D eigenvalue weighted by Crippen LogP contribution is 2.19. The third-order valence-corrected chi connectivity index (χ3v) is 3.63. The van der Waals surface area contributed by atoms with Crippen LogP contribution in [0.5, 0.6) is 0 Å². The molecule has 0 saturated carbocycles. The van der Waals surface area contributed by atoms with Crippen molar-refractivity contribution in [2.24, 2.45) is 5.73 Å². The number of carbonyl (C=O) groups is 1. The third-order valence-electron chi connectivity index (χ3n) is 3.36. The number of nitrogens with zero attached hydrogens (tertiary/aromatic N) is 1. The van der Waals surface area contributed by atoms with Gasteiger partial charge in [-0.15, -0.1) is 0 Å². The number of likely N-dealkylation sites (tertiary alicyclic amines) is 1. The molecule has 5 heteroatoms. The average Bonchev–Trinajstić information content (AvgIpc) is 2.38. The van der Waals surface area contributed by atoms with Crippen molar-refractivity contribution in [3.05, 3.63) is 29.8 Å². The van der Waals surface area contributed by atoms with Crippen molar-refractivity contribution in [3.8, 4) is 0 Å². The summed E-state index contributed by atoms with van der Waals surface area (Å²) < 4.78 is 0. The fourth-order valence-corrected chi connectivity index (χ4v) is 2.63. The van der Waals surface area contributed by atoms with Gasteiger partial charge in [-0.25, -0.2) is 4.79 Å². The molecule has 2 rings (SSSR count). The first-order valence-corrected chi connectivity index (χ1v) is 6.92. The summed E-state index contributed by atoms with van der Waals surface area (Å²) in [5.41, 5.74) is 7.64. The van der Waals surface area contributed by atoms with Crippen LogP contribution in [0, 0.1) is 6.92 Å². The summed E-state index contributed by atoms with van der Waals surface area (Å²) in [7, 11) is 0. The Balaban J connectivity index is 2.07. The Hall–Kier alpha value is -1.62. The molecule has 0 spiro atoms. The number of carbonyl (C=O) groups excluding carboxylic acids is 1. The molecule has 0 aliphatic carbocycles. The van der Waals surface area contributed by atoms with Crippen LogP contribution in [0.25, 0.3) is 0 Å². The molecule has 1 saturated heterocycles. The van der Waals surface area contributed by atoms with E-state index < -0.39 is 0 Å². The van der Waals surface area contributed by atoms with Crippen LogP contribution in [-0.2, 0) is 0 Å². The lowest BCUT2D eigenvalue weighted by molar-refractivity contribution is 0.186. The minimum Gasteiger partial charge on any atom is -0.392 e. The van der Waals surface area contributed by atoms with Gasteiger partial charge in [0, 0.05) is 12.2 Å². The van der Waals surface area contributed by atoms with Crippen molar-refractivity contribution in [2.75, 3.05) is 11.9 Å². The van der Waals surface area contributed by atoms with Crippen molar-refractivity contribution in [3.63, 3.8) is 0 Å². The second-order valence-electron chi connectivity index (χ2n) is 4.91. The van der Waals surface area contributed by atoms with Crippen LogP contribution < -0.4 is 11.1 Å². The first kappa shape index (κ1) is 13.8. The Bertz CT molecular complexity index is 489. The van der Waals surface area contributed by atoms with Crippen LogP contribution in [0.3, 0.4) is 0 Å². The molecule has 1 aliphatic heterocycles. The van der Waals surface area contributed by atoms with Crippen molar-refractivity contribution >= 4 is 28.9 Å². The molecule has 19 heavy (non-hydrogen) atoms. The molecule has 2 amide bonds. The number of nitrogens with one attached hydrogen (secondary N) is 1. The minimum atomic E-state index is -0.122. The van der Waals surface area contributed by atoms with Gasteiger partial charge in [0.2, 0.25) is 0 Å². The van der Waals surface area contributed by atoms with Crippen LogP contribution in [0.15, 0.2) is 24.3 Å². The maximum absolute atomic E-state index is 12.3. The Labute approximate surface area is 119 Å². The molecule has 1 aliphatic rings. The normalized spacial score (nSPS) is 19.0. The Morgan fingerprint density at radius 1 is 1.47 bits per heavy atom. The minimum absolute atomic E-state index is 0.117. The van der Waals surface area contributed by atoms with Gasteiger partial charge in [0.05, 0.1) is 11.0 Å². The summed E-state index contributed by atoms with van der Waals surface area (Å²) in [6.07, 6.45) is 2.92. The Morgan fingerprint density at radius 2 is 2.26 bits per heavy atom. The molecular weight excluding hydrogens is 258 g/mol. The second kappa shape index (κ2) is 6.02. The number of urea groups is 1. The molecule has 3 N–H and O–H groups in total. The van der Waals surface area contributed by atoms with E-state index in [4.69, 9.17) is 18.0 Å². The van der Waals surface area contributed by atoms with Gasteiger partial charge >= 0.3 is 6.03 Å². The van der Waals surface area contributed by atoms with Gasteiger partial charge in [0.15, 0.2) is 0 Å². The first-order chi connectivity index (χ1) is 9.08. The molecule has 0 bridgehead atoms. The lowest BCUT2D eigenvalue weighted by Gasteiger charge is -2.34. The van der Waals surface area contributed by atoms with Crippen molar-refractivity contribution in [1.29, 1.82) is 0 Å². The zero-order valence-corrected chi connectivity index (χ0v) is 11.9. The summed E-state index contributed by atoms with van der Waals surface area (Å²) in [5, 5.41) is 2.91. The van der Waals surface area contributed by atoms with Gasteiger partial charge in [-0.3, -0.25) is 0 Å². The SMILES string of the molecule is Cc1cccc(NC(=O)N2CCCCC2C(N)=S)c1. The van der Waals surface area contributed by atoms with E-state index in [0.717, 1.165) is 30.5 Å². The summed E-state index contributed by atoms with van der Waals surface area (Å²) in [4.78, 5) is 14.4. The summed E-state index contributed by atoms with van der Waals surface area (Å²) in [6.45, 7) is 2.70. The van der Waals surface area contributed by atoms with E-state index >= 15 is 0 Å². The van der Waals surface area contributed by atoms with Crippen LogP contribution in [-0.4, -0.2) is 28.5 Å². The summed E-state index contributed by atoms with van der Waals surface area (Å²) in [6, 6.07) is 7.50. The number of hydrogen-bond acceptors (Lipinski definition) is 2. The smallest absolute Gasteiger partial charge is 0.322 e. The zero-order valence-electron chi connectivity index (χ0n) is 11.1. The Kier molecular flexibility index (Phi) is 4.37. The molecule has 1 heterocycles. The van der Waals surface area contributed by atoms with Gasteiger partial charge in [-0.05, 0) is 43.9 Å². The van der Waals surface area contributed by atoms with Gasteiger partial charge in [-0.1, -0.05) is 24.4 Å². The molecule has 0 radical (unpaired) electrons. The molecule has 1 fully saturated rings. The number of amides is 2. The number of anilines is 1. The van der Waals surface area contributed by atoms with E-state index in [1.807, 2.05) is 31.2 Å². The number of aryl methyl sites for hydroxylation is 1. The molecule has 1 aromatic rings. The number of thiocarbonyl (C=S) groups is 1. The number of benzene rings is 1. The van der Waals surface area contributed by atoms with Gasteiger partial charge in [-0.2, -0.15) is 0 Å². The van der Waals surface area contributed by atoms with Crippen molar-refractivity contribution in [1.82, 2.24) is 4.90 Å². The van der Waals surface area contributed by atoms with Gasteiger partial charge in [0.25, 0.3) is 0 Å². The Morgan fingerprint density at radius 3 is 2.95 bits per heavy atom. The van der Waals surface area contributed by atoms with Crippen LogP contribution >= 0.6 is 12.2 Å². The number of rotatable bonds is 2. The highest BCUT2D eigenvalue weighted by atomic mass is 32.1. The quantitative estimate of drug-likeness (QED) is 0.817. The molecule has 1 atom stereocenters. The maximum Gasteiger partial charge on any atom is 0.322 e. The van der Waals surface area contributed by atoms with Crippen molar-refractivity contribution in [2.45, 2.75) is 32.2 Å². The fourth-order valence-electron chi connectivity index (χ4n) is 2.39. The van der Waals surface area contributed by atoms with E-state index in [-0.39, 0.29) is 12.1 Å². The van der Waals surface area contributed by atoms with Crippen LogP contribution in [0.2, 0.25) is 0 Å². The molecular formula is C14H19N3OS. The first-order valence-electron chi connectivity index (χ1n) is 6.51. The summed E-state index contributed by atoms with van der Waals surface area (Å²) >= 11 is 5.05. The van der Waals surface area contributed by atoms with Gasteiger partial charge in [0.1, 0.15) is 0 Å². The number of hydrogen-bond donors (Lipinski definition) is 2. The number of piperidine rings is 1. The predicted octanol–water partition coefficient (Wildman–Crippen LogP) is 2.67. The van der Waals surface area contributed by atoms with E-state index in [2.05, 4.69) is 5.32 Å². The highest BCUT2D eigenvalue weighted by molar-refractivity contribution is 7.80. The molecule has 102 valence electrons. The second-order valence-corrected chi connectivity index (χ2v) is 5.38. The van der Waals surface area contributed by atoms with E-state index in [1.165, 1.54) is 0 Å². The third kappa shape index (κ3) is 3.44. The van der Waals surface area contributed by atoms with Crippen LogP contribution in [0.1, 0.15) is 24.8 Å². The lowest BCUT2D eigenvalue weighted by Crippen LogP contribution is -2.51. The fraction of sp³-hybridized carbons (Fsp3) is 0.429. The van der Waals surface area contributed by atoms with E-state index in [9.17, 15) is 4.79 Å². The standard InChI is InChI=1S/C14H19N3OS/c1-10-5-4-6-11(9-10)16-14(18)17-8-3-2-7-12(17)13(15)19/h4-6,9,12H,2-3,7-8H2,1H3,(H2,15,19)(H,16,18). The van der Waals surface area contributed by atoms with E-state index in [1.54, 1.807) is 4.90 Å². The maximum atomic E-state index is 12.3. The van der Waals surface area contributed by atoms with Gasteiger partial charge < -0.3 is 16.0 Å². The predicted molar refractivity (Wildman–Crippen MR) is 81.3 cm³/mol. The topological polar surface area (TPSA) is 58.4 Å². The largest absolute Gasteiger partial charge is 0.392 e. The summed E-state index contributed by atoms with van der Waals surface area (Å²) in [5.74, 6) is 0. The van der Waals surface area contributed by atoms with Crippen LogP contribution in [0.4, 0.5) is 10.5 Å². The number of nitrogens with two attached hydrogens (primary N) is 1. The molecule has 0 aromatic heterocycles. The monoisotopic (exact) mass is 277 g/mol. The highest BCUT2D eigenvalue weighted by Gasteiger charge is 2.28. The van der Waals surface area contributed by atoms with Crippen molar-refractivity contribution < 1.29 is 4.79 Å². The molecule has 1 aromatic carbocycles. The average molecular weight is 277 g/mol. The molecule has 1 unspecified atom stereocenters. The van der Waals surface area contributed by atoms with E-state index in [0.29, 0.717) is 11.5 Å². The molecule has 4 nitrogen and oxygen atoms in total.